The Morgan fingerprint density at radius 2 is 2.00 bits per heavy atom. The molecule has 4 rings (SSSR count). The molecule has 22 heavy (non-hydrogen) atoms. The molecule has 2 aliphatic rings. The molecule has 1 N–H and O–H groups in total. The third-order valence-electron chi connectivity index (χ3n) is 4.03. The summed E-state index contributed by atoms with van der Waals surface area (Å²) in [5.74, 6) is 2.03. The summed E-state index contributed by atoms with van der Waals surface area (Å²) in [6.07, 6.45) is 1.98. The molecule has 0 atom stereocenters. The van der Waals surface area contributed by atoms with Gasteiger partial charge in [-0.05, 0) is 47.9 Å². The number of amidine groups is 1. The minimum Gasteiger partial charge on any atom is -0.489 e. The molecular formula is C17H16ClN3O. The molecule has 2 aromatic rings. The van der Waals surface area contributed by atoms with Gasteiger partial charge < -0.3 is 9.64 Å². The molecule has 0 fully saturated rings. The van der Waals surface area contributed by atoms with Crippen molar-refractivity contribution < 1.29 is 4.74 Å². The molecule has 2 aliphatic heterocycles. The first-order valence-electron chi connectivity index (χ1n) is 7.37. The van der Waals surface area contributed by atoms with Crippen molar-refractivity contribution in [2.75, 3.05) is 11.6 Å². The number of aryl methyl sites for hydroxylation is 1. The van der Waals surface area contributed by atoms with Gasteiger partial charge in [-0.15, -0.1) is 0 Å². The van der Waals surface area contributed by atoms with Gasteiger partial charge in [-0.2, -0.15) is 5.10 Å². The summed E-state index contributed by atoms with van der Waals surface area (Å²) in [5, 5.41) is 5.06. The lowest BCUT2D eigenvalue weighted by Gasteiger charge is -2.27. The molecule has 0 radical (unpaired) electrons. The summed E-state index contributed by atoms with van der Waals surface area (Å²) in [7, 11) is 0. The Morgan fingerprint density at radius 1 is 1.14 bits per heavy atom. The number of fused-ring (bicyclic) bond motifs is 3. The van der Waals surface area contributed by atoms with E-state index < -0.39 is 0 Å². The minimum atomic E-state index is 0.550. The standard InChI is InChI=1S/C17H16ClN3O/c18-14-4-1-12(2-5-14)10-22-15-6-7-16-13(9-15)3-8-17-20-19-11-21(16)17/h1-2,4-7,9,19H,3,8,10-11H2. The fraction of sp³-hybridized carbons (Fsp3) is 0.235. The number of nitrogens with zero attached hydrogens (tertiary/aromatic N) is 2. The van der Waals surface area contributed by atoms with Crippen LogP contribution in [0.5, 0.6) is 5.75 Å². The second-order valence-corrected chi connectivity index (χ2v) is 5.91. The van der Waals surface area contributed by atoms with Gasteiger partial charge >= 0.3 is 0 Å². The Balaban J connectivity index is 1.50. The highest BCUT2D eigenvalue weighted by Gasteiger charge is 2.25. The average Bonchev–Trinajstić information content (AvgIpc) is 3.03. The Hall–Kier alpha value is -2.20. The van der Waals surface area contributed by atoms with Gasteiger partial charge in [-0.25, -0.2) is 0 Å². The zero-order valence-electron chi connectivity index (χ0n) is 12.1. The van der Waals surface area contributed by atoms with Crippen LogP contribution in [0.15, 0.2) is 47.6 Å². The van der Waals surface area contributed by atoms with Crippen LogP contribution in [0, 0.1) is 0 Å². The molecule has 0 saturated heterocycles. The zero-order valence-corrected chi connectivity index (χ0v) is 12.8. The molecule has 0 unspecified atom stereocenters. The van der Waals surface area contributed by atoms with Gasteiger partial charge in [0.2, 0.25) is 0 Å². The van der Waals surface area contributed by atoms with Crippen LogP contribution in [0.25, 0.3) is 0 Å². The van der Waals surface area contributed by atoms with Crippen molar-refractivity contribution in [3.05, 3.63) is 58.6 Å². The number of hydrogen-bond donors (Lipinski definition) is 1. The van der Waals surface area contributed by atoms with Crippen LogP contribution >= 0.6 is 11.6 Å². The number of nitrogens with one attached hydrogen (secondary N) is 1. The second-order valence-electron chi connectivity index (χ2n) is 5.48. The molecular weight excluding hydrogens is 298 g/mol. The van der Waals surface area contributed by atoms with Crippen molar-refractivity contribution >= 4 is 23.1 Å². The second kappa shape index (κ2) is 5.54. The minimum absolute atomic E-state index is 0.550. The van der Waals surface area contributed by atoms with E-state index in [1.54, 1.807) is 0 Å². The summed E-state index contributed by atoms with van der Waals surface area (Å²) in [6, 6.07) is 14.0. The van der Waals surface area contributed by atoms with Crippen molar-refractivity contribution in [2.24, 2.45) is 5.10 Å². The molecule has 2 heterocycles. The fourth-order valence-electron chi connectivity index (χ4n) is 2.87. The van der Waals surface area contributed by atoms with Crippen LogP contribution in [0.4, 0.5) is 5.69 Å². The first-order chi connectivity index (χ1) is 10.8. The summed E-state index contributed by atoms with van der Waals surface area (Å²) in [4.78, 5) is 2.22. The number of rotatable bonds is 3. The Kier molecular flexibility index (Phi) is 3.39. The van der Waals surface area contributed by atoms with E-state index in [0.29, 0.717) is 6.61 Å². The molecule has 0 spiro atoms. The number of hydrogen-bond acceptors (Lipinski definition) is 4. The number of halogens is 1. The molecule has 2 aromatic carbocycles. The highest BCUT2D eigenvalue weighted by molar-refractivity contribution is 6.30. The lowest BCUT2D eigenvalue weighted by Crippen LogP contribution is -2.33. The molecule has 0 aromatic heterocycles. The molecule has 0 amide bonds. The van der Waals surface area contributed by atoms with E-state index in [2.05, 4.69) is 27.6 Å². The highest BCUT2D eigenvalue weighted by atomic mass is 35.5. The maximum Gasteiger partial charge on any atom is 0.131 e. The van der Waals surface area contributed by atoms with Gasteiger partial charge in [-0.3, -0.25) is 5.43 Å². The highest BCUT2D eigenvalue weighted by Crippen LogP contribution is 2.32. The SMILES string of the molecule is Clc1ccc(COc2ccc3c(c2)CCC2=NNCN23)cc1. The van der Waals surface area contributed by atoms with Crippen molar-refractivity contribution in [2.45, 2.75) is 19.4 Å². The third-order valence-corrected chi connectivity index (χ3v) is 4.28. The van der Waals surface area contributed by atoms with E-state index in [1.165, 1.54) is 11.3 Å². The summed E-state index contributed by atoms with van der Waals surface area (Å²) < 4.78 is 5.90. The molecule has 0 saturated carbocycles. The maximum absolute atomic E-state index is 5.90. The topological polar surface area (TPSA) is 36.9 Å². The predicted octanol–water partition coefficient (Wildman–Crippen LogP) is 3.55. The maximum atomic E-state index is 5.90. The van der Waals surface area contributed by atoms with E-state index in [0.717, 1.165) is 41.7 Å². The Labute approximate surface area is 134 Å². The van der Waals surface area contributed by atoms with Crippen molar-refractivity contribution in [1.82, 2.24) is 5.43 Å². The van der Waals surface area contributed by atoms with Gasteiger partial charge in [0, 0.05) is 17.1 Å². The molecule has 4 nitrogen and oxygen atoms in total. The van der Waals surface area contributed by atoms with Crippen molar-refractivity contribution in [3.63, 3.8) is 0 Å². The van der Waals surface area contributed by atoms with E-state index in [1.807, 2.05) is 30.3 Å². The number of hydrazone groups is 1. The molecule has 0 aliphatic carbocycles. The van der Waals surface area contributed by atoms with Gasteiger partial charge in [0.1, 0.15) is 24.9 Å². The lowest BCUT2D eigenvalue weighted by molar-refractivity contribution is 0.306. The fourth-order valence-corrected chi connectivity index (χ4v) is 3.00. The number of benzene rings is 2. The summed E-state index contributed by atoms with van der Waals surface area (Å²) in [5.41, 5.74) is 6.70. The third kappa shape index (κ3) is 2.50. The summed E-state index contributed by atoms with van der Waals surface area (Å²) in [6.45, 7) is 1.31. The van der Waals surface area contributed by atoms with Crippen LogP contribution in [0.2, 0.25) is 5.02 Å². The van der Waals surface area contributed by atoms with Gasteiger partial charge in [0.15, 0.2) is 0 Å². The van der Waals surface area contributed by atoms with Crippen LogP contribution in [-0.2, 0) is 13.0 Å². The van der Waals surface area contributed by atoms with E-state index >= 15 is 0 Å². The quantitative estimate of drug-likeness (QED) is 0.941. The number of anilines is 1. The molecule has 112 valence electrons. The van der Waals surface area contributed by atoms with E-state index in [9.17, 15) is 0 Å². The average molecular weight is 314 g/mol. The van der Waals surface area contributed by atoms with Crippen LogP contribution in [0.3, 0.4) is 0 Å². The van der Waals surface area contributed by atoms with Gasteiger partial charge in [0.25, 0.3) is 0 Å². The Bertz CT molecular complexity index is 727. The first kappa shape index (κ1) is 13.5. The Morgan fingerprint density at radius 3 is 2.86 bits per heavy atom. The van der Waals surface area contributed by atoms with E-state index in [4.69, 9.17) is 16.3 Å². The summed E-state index contributed by atoms with van der Waals surface area (Å²) >= 11 is 5.89. The van der Waals surface area contributed by atoms with Crippen molar-refractivity contribution in [3.8, 4) is 5.75 Å². The predicted molar refractivity (Wildman–Crippen MR) is 88.5 cm³/mol. The molecule has 5 heteroatoms. The zero-order chi connectivity index (χ0) is 14.9. The van der Waals surface area contributed by atoms with E-state index in [-0.39, 0.29) is 0 Å². The van der Waals surface area contributed by atoms with Gasteiger partial charge in [-0.1, -0.05) is 23.7 Å². The van der Waals surface area contributed by atoms with Crippen LogP contribution in [0.1, 0.15) is 17.5 Å². The monoisotopic (exact) mass is 313 g/mol. The van der Waals surface area contributed by atoms with Crippen LogP contribution < -0.4 is 15.1 Å². The van der Waals surface area contributed by atoms with Crippen molar-refractivity contribution in [1.29, 1.82) is 0 Å². The van der Waals surface area contributed by atoms with Gasteiger partial charge in [0.05, 0.1) is 0 Å². The van der Waals surface area contributed by atoms with Crippen LogP contribution in [-0.4, -0.2) is 12.5 Å². The largest absolute Gasteiger partial charge is 0.489 e. The smallest absolute Gasteiger partial charge is 0.131 e. The molecule has 0 bridgehead atoms. The lowest BCUT2D eigenvalue weighted by atomic mass is 10.0. The normalized spacial score (nSPS) is 15.7. The number of ether oxygens (including phenoxy) is 1. The first-order valence-corrected chi connectivity index (χ1v) is 7.74.